The molecule has 0 radical (unpaired) electrons. The number of hydrogen-bond donors (Lipinski definition) is 0. The largest absolute Gasteiger partial charge is 0.465 e. The molecule has 2 aromatic carbocycles. The molecule has 0 amide bonds. The van der Waals surface area contributed by atoms with Crippen LogP contribution >= 0.6 is 0 Å². The molecule has 0 atom stereocenters. The molecule has 198 valence electrons. The molecule has 0 bridgehead atoms. The number of ether oxygens (including phenoxy) is 4. The lowest BCUT2D eigenvalue weighted by atomic mass is 10.0. The maximum absolute atomic E-state index is 11.9. The van der Waals surface area contributed by atoms with Gasteiger partial charge in [0, 0.05) is 24.0 Å². The van der Waals surface area contributed by atoms with Crippen molar-refractivity contribution in [2.24, 2.45) is 0 Å². The summed E-state index contributed by atoms with van der Waals surface area (Å²) in [4.78, 5) is 47.5. The van der Waals surface area contributed by atoms with Crippen molar-refractivity contribution in [1.82, 2.24) is 0 Å². The second-order valence-corrected chi connectivity index (χ2v) is 8.08. The van der Waals surface area contributed by atoms with Crippen molar-refractivity contribution < 1.29 is 38.1 Å². The van der Waals surface area contributed by atoms with Gasteiger partial charge < -0.3 is 18.9 Å². The van der Waals surface area contributed by atoms with Gasteiger partial charge in [-0.15, -0.1) is 0 Å². The van der Waals surface area contributed by atoms with Gasteiger partial charge in [0.25, 0.3) is 0 Å². The average molecular weight is 519 g/mol. The van der Waals surface area contributed by atoms with E-state index >= 15 is 0 Å². The Morgan fingerprint density at radius 2 is 0.789 bits per heavy atom. The minimum atomic E-state index is -0.554. The quantitative estimate of drug-likeness (QED) is 0.206. The first-order valence-electron chi connectivity index (χ1n) is 11.9. The van der Waals surface area contributed by atoms with Crippen LogP contribution < -0.4 is 0 Å². The van der Waals surface area contributed by atoms with Gasteiger partial charge in [0.1, 0.15) is 0 Å². The molecule has 0 aromatic heterocycles. The lowest BCUT2D eigenvalue weighted by Gasteiger charge is -2.04. The van der Waals surface area contributed by atoms with Crippen LogP contribution in [0.3, 0.4) is 0 Å². The summed E-state index contributed by atoms with van der Waals surface area (Å²) in [5, 5.41) is 0. The van der Waals surface area contributed by atoms with Gasteiger partial charge in [0.2, 0.25) is 0 Å². The van der Waals surface area contributed by atoms with Crippen LogP contribution in [0.4, 0.5) is 0 Å². The minimum Gasteiger partial charge on any atom is -0.465 e. The van der Waals surface area contributed by atoms with Crippen molar-refractivity contribution in [3.63, 3.8) is 0 Å². The molecule has 0 N–H and O–H groups in total. The molecule has 0 heterocycles. The van der Waals surface area contributed by atoms with Crippen LogP contribution in [0.1, 0.15) is 91.1 Å². The van der Waals surface area contributed by atoms with E-state index in [1.54, 1.807) is 24.3 Å². The summed E-state index contributed by atoms with van der Waals surface area (Å²) >= 11 is 0. The van der Waals surface area contributed by atoms with Crippen LogP contribution in [0.5, 0.6) is 0 Å². The maximum atomic E-state index is 11.9. The predicted molar refractivity (Wildman–Crippen MR) is 140 cm³/mol. The Bertz CT molecular complexity index is 1130. The number of methoxy groups -OCH3 is 4. The first-order chi connectivity index (χ1) is 18.3. The zero-order valence-electron chi connectivity index (χ0n) is 22.0. The summed E-state index contributed by atoms with van der Waals surface area (Å²) in [5.41, 5.74) is 2.02. The highest BCUT2D eigenvalue weighted by Crippen LogP contribution is 2.14. The van der Waals surface area contributed by atoms with E-state index in [1.165, 1.54) is 40.6 Å². The van der Waals surface area contributed by atoms with Crippen LogP contribution in [-0.2, 0) is 18.9 Å². The highest BCUT2D eigenvalue weighted by atomic mass is 16.5. The molecule has 0 spiro atoms. The first kappa shape index (κ1) is 29.7. The van der Waals surface area contributed by atoms with E-state index < -0.39 is 23.9 Å². The van der Waals surface area contributed by atoms with Crippen molar-refractivity contribution in [2.75, 3.05) is 28.4 Å². The Morgan fingerprint density at radius 3 is 1.05 bits per heavy atom. The fraction of sp³-hybridized carbons (Fsp3) is 0.333. The molecule has 0 aliphatic carbocycles. The van der Waals surface area contributed by atoms with Crippen LogP contribution in [0.2, 0.25) is 0 Å². The summed E-state index contributed by atoms with van der Waals surface area (Å²) in [7, 11) is 5.09. The zero-order chi connectivity index (χ0) is 27.9. The number of esters is 4. The van der Waals surface area contributed by atoms with Gasteiger partial charge in [-0.3, -0.25) is 0 Å². The van der Waals surface area contributed by atoms with Gasteiger partial charge in [0.05, 0.1) is 50.7 Å². The molecule has 38 heavy (non-hydrogen) atoms. The standard InChI is InChI=1S/C30H30O8/c1-35-27(31)23-15-21(16-24(19-23)28(32)36-2)13-11-9-7-5-6-8-10-12-14-22-17-25(29(33)37-3)20-26(18-22)30(34)38-4/h15-20H,5-10H2,1-4H3. The van der Waals surface area contributed by atoms with E-state index in [0.717, 1.165) is 25.7 Å². The Hall–Kier alpha value is -4.56. The Labute approximate surface area is 222 Å². The molecule has 8 heteroatoms. The number of rotatable bonds is 9. The minimum absolute atomic E-state index is 0.236. The third kappa shape index (κ3) is 9.15. The molecule has 0 unspecified atom stereocenters. The fourth-order valence-electron chi connectivity index (χ4n) is 3.45. The van der Waals surface area contributed by atoms with Gasteiger partial charge in [-0.25, -0.2) is 19.2 Å². The highest BCUT2D eigenvalue weighted by Gasteiger charge is 2.14. The van der Waals surface area contributed by atoms with Gasteiger partial charge in [0.15, 0.2) is 0 Å². The van der Waals surface area contributed by atoms with Crippen molar-refractivity contribution >= 4 is 23.9 Å². The van der Waals surface area contributed by atoms with Crippen LogP contribution in [0.25, 0.3) is 0 Å². The summed E-state index contributed by atoms with van der Waals surface area (Å²) in [5.74, 6) is 9.92. The van der Waals surface area contributed by atoms with E-state index in [0.29, 0.717) is 24.0 Å². The number of carbonyl (C=O) groups is 4. The average Bonchev–Trinajstić information content (AvgIpc) is 2.95. The second kappa shape index (κ2) is 15.5. The van der Waals surface area contributed by atoms with Crippen molar-refractivity contribution in [3.05, 3.63) is 69.8 Å². The SMILES string of the molecule is COC(=O)c1cc(C#CCCCCCCC#Cc2cc(C(=O)OC)cc(C(=O)OC)c2)cc(C(=O)OC)c1. The predicted octanol–water partition coefficient (Wildman–Crippen LogP) is 4.58. The molecule has 0 saturated carbocycles. The fourth-order valence-corrected chi connectivity index (χ4v) is 3.45. The number of benzene rings is 2. The van der Waals surface area contributed by atoms with Crippen molar-refractivity contribution in [1.29, 1.82) is 0 Å². The summed E-state index contributed by atoms with van der Waals surface area (Å²) < 4.78 is 18.9. The molecule has 8 nitrogen and oxygen atoms in total. The molecule has 0 aliphatic rings. The van der Waals surface area contributed by atoms with Crippen molar-refractivity contribution in [3.8, 4) is 23.7 Å². The van der Waals surface area contributed by atoms with E-state index in [2.05, 4.69) is 23.7 Å². The maximum Gasteiger partial charge on any atom is 0.337 e. The van der Waals surface area contributed by atoms with E-state index in [1.807, 2.05) is 0 Å². The van der Waals surface area contributed by atoms with E-state index in [-0.39, 0.29) is 22.3 Å². The van der Waals surface area contributed by atoms with Crippen LogP contribution in [0, 0.1) is 23.7 Å². The van der Waals surface area contributed by atoms with Crippen LogP contribution in [-0.4, -0.2) is 52.3 Å². The zero-order valence-corrected chi connectivity index (χ0v) is 22.0. The number of carbonyl (C=O) groups excluding carboxylic acids is 4. The van der Waals surface area contributed by atoms with Gasteiger partial charge >= 0.3 is 23.9 Å². The molecular formula is C30H30O8. The monoisotopic (exact) mass is 518 g/mol. The topological polar surface area (TPSA) is 105 Å². The van der Waals surface area contributed by atoms with Gasteiger partial charge in [-0.2, -0.15) is 0 Å². The van der Waals surface area contributed by atoms with E-state index in [9.17, 15) is 19.2 Å². The highest BCUT2D eigenvalue weighted by molar-refractivity contribution is 5.96. The summed E-state index contributed by atoms with van der Waals surface area (Å²) in [6.07, 6.45) is 5.05. The lowest BCUT2D eigenvalue weighted by Crippen LogP contribution is -2.07. The molecule has 0 saturated heterocycles. The smallest absolute Gasteiger partial charge is 0.337 e. The summed E-state index contributed by atoms with van der Waals surface area (Å²) in [6.45, 7) is 0. The Morgan fingerprint density at radius 1 is 0.500 bits per heavy atom. The number of hydrogen-bond acceptors (Lipinski definition) is 8. The molecule has 2 rings (SSSR count). The molecule has 2 aromatic rings. The third-order valence-electron chi connectivity index (χ3n) is 5.37. The van der Waals surface area contributed by atoms with E-state index in [4.69, 9.17) is 18.9 Å². The second-order valence-electron chi connectivity index (χ2n) is 8.08. The Balaban J connectivity index is 1.86. The van der Waals surface area contributed by atoms with Gasteiger partial charge in [-0.05, 0) is 49.2 Å². The third-order valence-corrected chi connectivity index (χ3v) is 5.37. The lowest BCUT2D eigenvalue weighted by molar-refractivity contribution is 0.0581. The van der Waals surface area contributed by atoms with Crippen LogP contribution in [0.15, 0.2) is 36.4 Å². The first-order valence-corrected chi connectivity index (χ1v) is 11.9. The Kier molecular flexibility index (Phi) is 12.1. The molecular weight excluding hydrogens is 488 g/mol. The molecule has 0 aliphatic heterocycles. The molecule has 0 fully saturated rings. The normalized spacial score (nSPS) is 9.68. The summed E-state index contributed by atoms with van der Waals surface area (Å²) in [6, 6.07) is 9.16. The van der Waals surface area contributed by atoms with Crippen molar-refractivity contribution in [2.45, 2.75) is 38.5 Å². The van der Waals surface area contributed by atoms with Gasteiger partial charge in [-0.1, -0.05) is 36.5 Å². The number of unbranched alkanes of at least 4 members (excludes halogenated alkanes) is 5.